The molecular weight excluding hydrogens is 669 g/mol. The second-order valence-electron chi connectivity index (χ2n) is 14.1. The van der Waals surface area contributed by atoms with E-state index in [1.54, 1.807) is 0 Å². The second kappa shape index (κ2) is 12.6. The zero-order valence-electron chi connectivity index (χ0n) is 29.9. The maximum absolute atomic E-state index is 6.75. The molecule has 0 fully saturated rings. The molecule has 0 amide bonds. The van der Waals surface area contributed by atoms with Crippen LogP contribution in [0.5, 0.6) is 0 Å². The van der Waals surface area contributed by atoms with E-state index in [-0.39, 0.29) is 0 Å². The molecule has 0 saturated carbocycles. The molecule has 0 bridgehead atoms. The Labute approximate surface area is 318 Å². The van der Waals surface area contributed by atoms with Crippen LogP contribution < -0.4 is 4.90 Å². The number of hydrogen-bond acceptors (Lipinski definition) is 2. The van der Waals surface area contributed by atoms with Crippen LogP contribution in [0.25, 0.3) is 82.5 Å². The summed E-state index contributed by atoms with van der Waals surface area (Å²) < 4.78 is 9.24. The van der Waals surface area contributed by atoms with Crippen LogP contribution >= 0.6 is 0 Å². The molecule has 0 atom stereocenters. The zero-order valence-corrected chi connectivity index (χ0v) is 29.9. The summed E-state index contributed by atoms with van der Waals surface area (Å²) in [7, 11) is 0. The van der Waals surface area contributed by atoms with Crippen molar-refractivity contribution in [3.63, 3.8) is 0 Å². The van der Waals surface area contributed by atoms with Crippen LogP contribution in [0.3, 0.4) is 0 Å². The highest BCUT2D eigenvalue weighted by atomic mass is 16.3. The maximum Gasteiger partial charge on any atom is 0.159 e. The zero-order chi connectivity index (χ0) is 36.3. The molecule has 0 saturated heterocycles. The molecule has 0 aliphatic heterocycles. The molecule has 9 aromatic carbocycles. The second-order valence-corrected chi connectivity index (χ2v) is 14.1. The number of anilines is 3. The highest BCUT2D eigenvalue weighted by Gasteiger charge is 2.24. The van der Waals surface area contributed by atoms with Crippen molar-refractivity contribution >= 4 is 71.6 Å². The number of rotatable bonds is 6. The number of para-hydroxylation sites is 4. The van der Waals surface area contributed by atoms with Crippen LogP contribution in [-0.4, -0.2) is 4.57 Å². The topological polar surface area (TPSA) is 21.3 Å². The van der Waals surface area contributed by atoms with E-state index in [0.717, 1.165) is 55.6 Å². The van der Waals surface area contributed by atoms with Gasteiger partial charge in [0, 0.05) is 43.7 Å². The Balaban J connectivity index is 1.25. The first kappa shape index (κ1) is 31.2. The van der Waals surface area contributed by atoms with Crippen molar-refractivity contribution in [3.05, 3.63) is 206 Å². The number of hydrogen-bond donors (Lipinski definition) is 0. The van der Waals surface area contributed by atoms with E-state index in [1.807, 2.05) is 6.07 Å². The fraction of sp³-hybridized carbons (Fsp3) is 0. The van der Waals surface area contributed by atoms with Crippen LogP contribution in [0.4, 0.5) is 17.1 Å². The number of benzene rings is 9. The van der Waals surface area contributed by atoms with Gasteiger partial charge in [-0.3, -0.25) is 0 Å². The average Bonchev–Trinajstić information content (AvgIpc) is 3.80. The number of furan rings is 1. The van der Waals surface area contributed by atoms with Gasteiger partial charge in [-0.2, -0.15) is 0 Å². The molecule has 3 heteroatoms. The summed E-state index contributed by atoms with van der Waals surface area (Å²) in [4.78, 5) is 2.38. The molecule has 3 nitrogen and oxygen atoms in total. The van der Waals surface area contributed by atoms with Gasteiger partial charge in [-0.1, -0.05) is 170 Å². The molecule has 0 N–H and O–H groups in total. The highest BCUT2D eigenvalue weighted by Crippen LogP contribution is 2.47. The lowest BCUT2D eigenvalue weighted by Crippen LogP contribution is -2.11. The van der Waals surface area contributed by atoms with E-state index in [4.69, 9.17) is 4.42 Å². The lowest BCUT2D eigenvalue weighted by atomic mass is 9.98. The van der Waals surface area contributed by atoms with Crippen molar-refractivity contribution < 1.29 is 4.42 Å². The summed E-state index contributed by atoms with van der Waals surface area (Å²) in [5.41, 5.74) is 12.9. The molecule has 11 rings (SSSR count). The van der Waals surface area contributed by atoms with E-state index < -0.39 is 0 Å². The van der Waals surface area contributed by atoms with Crippen LogP contribution in [0.2, 0.25) is 0 Å². The minimum Gasteiger partial charge on any atom is -0.454 e. The quantitative estimate of drug-likeness (QED) is 0.172. The Bertz CT molecular complexity index is 3210. The van der Waals surface area contributed by atoms with Gasteiger partial charge in [0.05, 0.1) is 28.1 Å². The fourth-order valence-corrected chi connectivity index (χ4v) is 8.53. The Hall–Kier alpha value is -7.36. The van der Waals surface area contributed by atoms with Crippen molar-refractivity contribution in [2.75, 3.05) is 4.90 Å². The molecule has 2 heterocycles. The van der Waals surface area contributed by atoms with Gasteiger partial charge < -0.3 is 13.9 Å². The van der Waals surface area contributed by atoms with Crippen molar-refractivity contribution in [1.29, 1.82) is 0 Å². The first-order valence-electron chi connectivity index (χ1n) is 18.8. The van der Waals surface area contributed by atoms with Gasteiger partial charge in [0.2, 0.25) is 0 Å². The van der Waals surface area contributed by atoms with E-state index in [1.165, 1.54) is 43.9 Å². The first-order valence-corrected chi connectivity index (χ1v) is 18.8. The van der Waals surface area contributed by atoms with Crippen molar-refractivity contribution in [3.8, 4) is 27.9 Å². The molecule has 11 aromatic rings. The van der Waals surface area contributed by atoms with Crippen LogP contribution in [0.1, 0.15) is 0 Å². The molecule has 258 valence electrons. The number of fused-ring (bicyclic) bond motifs is 7. The van der Waals surface area contributed by atoms with Crippen LogP contribution in [-0.2, 0) is 0 Å². The molecule has 2 aromatic heterocycles. The first-order chi connectivity index (χ1) is 27.3. The van der Waals surface area contributed by atoms with Gasteiger partial charge in [0.25, 0.3) is 0 Å². The molecular formula is C52H34N2O. The molecule has 0 unspecified atom stereocenters. The third-order valence-corrected chi connectivity index (χ3v) is 11.0. The van der Waals surface area contributed by atoms with Gasteiger partial charge in [-0.15, -0.1) is 0 Å². The monoisotopic (exact) mass is 702 g/mol. The summed E-state index contributed by atoms with van der Waals surface area (Å²) in [6.45, 7) is 0. The highest BCUT2D eigenvalue weighted by molar-refractivity contribution is 6.14. The smallest absolute Gasteiger partial charge is 0.159 e. The van der Waals surface area contributed by atoms with Crippen LogP contribution in [0, 0.1) is 0 Å². The largest absolute Gasteiger partial charge is 0.454 e. The molecule has 55 heavy (non-hydrogen) atoms. The maximum atomic E-state index is 6.75. The molecule has 0 aliphatic carbocycles. The standard InChI is InChI=1S/C52H34N2O/c1-3-16-35(17-4-1)39-21-9-12-26-46(39)53(48-28-15-25-45-44-24-11-14-29-50(44)55-52(45)48)38-31-33-43-42-23-10-13-27-47(42)54(49(43)34-38)51-40-22-8-7-20-37(40)30-32-41(51)36-18-5-2-6-19-36/h1-34H. The SMILES string of the molecule is c1ccc(-c2ccccc2N(c2ccc3c4ccccc4n(-c4c(-c5ccccc5)ccc5ccccc45)c3c2)c2cccc3c2oc2ccccc23)cc1. The van der Waals surface area contributed by atoms with Crippen molar-refractivity contribution in [2.45, 2.75) is 0 Å². The summed E-state index contributed by atoms with van der Waals surface area (Å²) >= 11 is 0. The minimum atomic E-state index is 0.854. The van der Waals surface area contributed by atoms with Gasteiger partial charge in [-0.05, 0) is 52.9 Å². The summed E-state index contributed by atoms with van der Waals surface area (Å²) in [6.07, 6.45) is 0. The average molecular weight is 703 g/mol. The predicted molar refractivity (Wildman–Crippen MR) is 231 cm³/mol. The Morgan fingerprint density at radius 2 is 1.00 bits per heavy atom. The Kier molecular flexibility index (Phi) is 7.17. The van der Waals surface area contributed by atoms with Gasteiger partial charge in [0.15, 0.2) is 5.58 Å². The minimum absolute atomic E-state index is 0.854. The van der Waals surface area contributed by atoms with Gasteiger partial charge in [0.1, 0.15) is 5.58 Å². The van der Waals surface area contributed by atoms with Gasteiger partial charge in [-0.25, -0.2) is 0 Å². The predicted octanol–water partition coefficient (Wildman–Crippen LogP) is 14.6. The Morgan fingerprint density at radius 3 is 1.84 bits per heavy atom. The molecule has 0 aliphatic rings. The summed E-state index contributed by atoms with van der Waals surface area (Å²) in [5, 5.41) is 7.02. The normalized spacial score (nSPS) is 11.6. The summed E-state index contributed by atoms with van der Waals surface area (Å²) in [6, 6.07) is 73.9. The van der Waals surface area contributed by atoms with E-state index in [2.05, 4.69) is 210 Å². The fourth-order valence-electron chi connectivity index (χ4n) is 8.53. The van der Waals surface area contributed by atoms with E-state index >= 15 is 0 Å². The van der Waals surface area contributed by atoms with Crippen molar-refractivity contribution in [2.24, 2.45) is 0 Å². The third kappa shape index (κ3) is 4.98. The number of nitrogens with zero attached hydrogens (tertiary/aromatic N) is 2. The van der Waals surface area contributed by atoms with E-state index in [0.29, 0.717) is 0 Å². The molecule has 0 spiro atoms. The third-order valence-electron chi connectivity index (χ3n) is 11.0. The summed E-state index contributed by atoms with van der Waals surface area (Å²) in [5.74, 6) is 0. The van der Waals surface area contributed by atoms with E-state index in [9.17, 15) is 0 Å². The van der Waals surface area contributed by atoms with Gasteiger partial charge >= 0.3 is 0 Å². The lowest BCUT2D eigenvalue weighted by molar-refractivity contribution is 0.669. The number of aromatic nitrogens is 1. The Morgan fingerprint density at radius 1 is 0.382 bits per heavy atom. The lowest BCUT2D eigenvalue weighted by Gasteiger charge is -2.28. The van der Waals surface area contributed by atoms with Crippen LogP contribution in [0.15, 0.2) is 211 Å². The van der Waals surface area contributed by atoms with Crippen molar-refractivity contribution in [1.82, 2.24) is 4.57 Å². The molecule has 0 radical (unpaired) electrons.